The second kappa shape index (κ2) is 8.19. The highest BCUT2D eigenvalue weighted by Gasteiger charge is 2.32. The van der Waals surface area contributed by atoms with Gasteiger partial charge in [0, 0.05) is 30.0 Å². The molecule has 5 nitrogen and oxygen atoms in total. The van der Waals surface area contributed by atoms with Crippen molar-refractivity contribution in [2.75, 3.05) is 26.3 Å². The molecule has 142 valence electrons. The Kier molecular flexibility index (Phi) is 5.50. The molecule has 0 aromatic heterocycles. The Hall–Kier alpha value is -2.24. The van der Waals surface area contributed by atoms with Crippen LogP contribution in [-0.2, 0) is 11.3 Å². The third-order valence-electron chi connectivity index (χ3n) is 5.27. The molecule has 2 aliphatic heterocycles. The Morgan fingerprint density at radius 3 is 2.81 bits per heavy atom. The van der Waals surface area contributed by atoms with Crippen LogP contribution in [0.3, 0.4) is 0 Å². The van der Waals surface area contributed by atoms with Crippen molar-refractivity contribution in [3.63, 3.8) is 0 Å². The normalized spacial score (nSPS) is 21.1. The lowest BCUT2D eigenvalue weighted by molar-refractivity contribution is -0.910. The monoisotopic (exact) mass is 387 g/mol. The summed E-state index contributed by atoms with van der Waals surface area (Å²) in [5, 5.41) is 3.68. The van der Waals surface area contributed by atoms with Crippen LogP contribution in [0.25, 0.3) is 0 Å². The average Bonchev–Trinajstić information content (AvgIpc) is 3.15. The predicted octanol–water partition coefficient (Wildman–Crippen LogP) is 2.15. The minimum Gasteiger partial charge on any atom is -0.486 e. The van der Waals surface area contributed by atoms with Gasteiger partial charge in [-0.05, 0) is 29.8 Å². The molecular formula is C21H24ClN2O3+. The van der Waals surface area contributed by atoms with E-state index in [1.165, 1.54) is 10.5 Å². The molecule has 4 rings (SSSR count). The summed E-state index contributed by atoms with van der Waals surface area (Å²) in [4.78, 5) is 13.8. The van der Waals surface area contributed by atoms with Crippen molar-refractivity contribution in [2.45, 2.75) is 25.4 Å². The summed E-state index contributed by atoms with van der Waals surface area (Å²) in [6, 6.07) is 14.1. The second-order valence-electron chi connectivity index (χ2n) is 7.05. The first-order valence-electron chi connectivity index (χ1n) is 9.45. The first kappa shape index (κ1) is 18.1. The molecule has 1 saturated heterocycles. The Morgan fingerprint density at radius 2 is 1.96 bits per heavy atom. The lowest BCUT2D eigenvalue weighted by atomic mass is 10.0. The summed E-state index contributed by atoms with van der Waals surface area (Å²) in [7, 11) is 0. The zero-order chi connectivity index (χ0) is 18.6. The van der Waals surface area contributed by atoms with Gasteiger partial charge in [0.25, 0.3) is 5.91 Å². The highest BCUT2D eigenvalue weighted by atomic mass is 35.5. The van der Waals surface area contributed by atoms with E-state index in [1.807, 2.05) is 30.3 Å². The molecule has 2 aromatic rings. The minimum atomic E-state index is 0.0503. The van der Waals surface area contributed by atoms with E-state index in [-0.39, 0.29) is 5.91 Å². The van der Waals surface area contributed by atoms with E-state index in [1.54, 1.807) is 0 Å². The van der Waals surface area contributed by atoms with E-state index in [0.717, 1.165) is 36.4 Å². The number of amides is 1. The highest BCUT2D eigenvalue weighted by molar-refractivity contribution is 6.31. The van der Waals surface area contributed by atoms with Crippen molar-refractivity contribution in [3.05, 3.63) is 58.6 Å². The van der Waals surface area contributed by atoms with Crippen molar-refractivity contribution >= 4 is 17.5 Å². The van der Waals surface area contributed by atoms with Gasteiger partial charge in [-0.25, -0.2) is 0 Å². The second-order valence-corrected chi connectivity index (χ2v) is 7.46. The lowest BCUT2D eigenvalue weighted by Crippen LogP contribution is -3.11. The van der Waals surface area contributed by atoms with E-state index in [0.29, 0.717) is 37.4 Å². The lowest BCUT2D eigenvalue weighted by Gasteiger charge is -2.24. The minimum absolute atomic E-state index is 0.0503. The molecule has 0 saturated carbocycles. The number of fused-ring (bicyclic) bond motifs is 1. The third-order valence-corrected chi connectivity index (χ3v) is 5.64. The summed E-state index contributed by atoms with van der Waals surface area (Å²) < 4.78 is 11.3. The summed E-state index contributed by atoms with van der Waals surface area (Å²) in [6.45, 7) is 3.10. The molecule has 0 aliphatic carbocycles. The molecule has 0 bridgehead atoms. The highest BCUT2D eigenvalue weighted by Crippen LogP contribution is 2.33. The van der Waals surface area contributed by atoms with E-state index in [2.05, 4.69) is 17.4 Å². The number of halogens is 1. The molecule has 1 fully saturated rings. The molecule has 2 N–H and O–H groups in total. The number of carbonyl (C=O) groups excluding carboxylic acids is 1. The first-order chi connectivity index (χ1) is 13.2. The third kappa shape index (κ3) is 4.20. The fraction of sp³-hybridized carbons (Fsp3) is 0.381. The smallest absolute Gasteiger partial charge is 0.275 e. The average molecular weight is 388 g/mol. The number of likely N-dealkylation sites (tertiary alicyclic amines) is 1. The zero-order valence-electron chi connectivity index (χ0n) is 15.2. The SMILES string of the molecule is O=C(C[NH+]1CCC[C@H]1c1ccc2c(c1)OCCO2)NCc1ccccc1Cl. The molecule has 2 aliphatic rings. The fourth-order valence-corrected chi connectivity index (χ4v) is 4.11. The molecular weight excluding hydrogens is 364 g/mol. The van der Waals surface area contributed by atoms with Gasteiger partial charge < -0.3 is 19.7 Å². The summed E-state index contributed by atoms with van der Waals surface area (Å²) in [5.41, 5.74) is 2.15. The topological polar surface area (TPSA) is 52.0 Å². The van der Waals surface area contributed by atoms with Crippen LogP contribution in [0.4, 0.5) is 0 Å². The fourth-order valence-electron chi connectivity index (χ4n) is 3.91. The summed E-state index contributed by atoms with van der Waals surface area (Å²) in [6.07, 6.45) is 2.19. The Labute approximate surface area is 164 Å². The number of hydrogen-bond acceptors (Lipinski definition) is 3. The van der Waals surface area contributed by atoms with Gasteiger partial charge in [-0.1, -0.05) is 29.8 Å². The number of ether oxygens (including phenoxy) is 2. The molecule has 2 aromatic carbocycles. The maximum atomic E-state index is 12.5. The Morgan fingerprint density at radius 1 is 1.15 bits per heavy atom. The van der Waals surface area contributed by atoms with Gasteiger partial charge in [0.2, 0.25) is 0 Å². The van der Waals surface area contributed by atoms with Gasteiger partial charge in [-0.2, -0.15) is 0 Å². The van der Waals surface area contributed by atoms with Crippen molar-refractivity contribution in [1.82, 2.24) is 5.32 Å². The van der Waals surface area contributed by atoms with Crippen molar-refractivity contribution in [3.8, 4) is 11.5 Å². The van der Waals surface area contributed by atoms with Crippen LogP contribution in [0.1, 0.15) is 30.0 Å². The number of benzene rings is 2. The first-order valence-corrected chi connectivity index (χ1v) is 9.83. The van der Waals surface area contributed by atoms with Gasteiger partial charge in [0.15, 0.2) is 18.0 Å². The molecule has 0 spiro atoms. The Bertz CT molecular complexity index is 827. The van der Waals surface area contributed by atoms with Gasteiger partial charge >= 0.3 is 0 Å². The van der Waals surface area contributed by atoms with Crippen molar-refractivity contribution in [1.29, 1.82) is 0 Å². The van der Waals surface area contributed by atoms with Crippen LogP contribution in [-0.4, -0.2) is 32.2 Å². The van der Waals surface area contributed by atoms with Gasteiger partial charge in [0.1, 0.15) is 19.3 Å². The van der Waals surface area contributed by atoms with Crippen LogP contribution in [0.15, 0.2) is 42.5 Å². The maximum Gasteiger partial charge on any atom is 0.275 e. The number of quaternary nitrogens is 1. The number of carbonyl (C=O) groups is 1. The van der Waals surface area contributed by atoms with Crippen LogP contribution < -0.4 is 19.7 Å². The predicted molar refractivity (Wildman–Crippen MR) is 103 cm³/mol. The van der Waals surface area contributed by atoms with Crippen LogP contribution in [0.2, 0.25) is 5.02 Å². The van der Waals surface area contributed by atoms with Gasteiger partial charge in [-0.3, -0.25) is 4.79 Å². The number of hydrogen-bond donors (Lipinski definition) is 2. The molecule has 0 radical (unpaired) electrons. The molecule has 1 amide bonds. The zero-order valence-corrected chi connectivity index (χ0v) is 15.9. The summed E-state index contributed by atoms with van der Waals surface area (Å²) >= 11 is 6.16. The van der Waals surface area contributed by atoms with Crippen molar-refractivity contribution < 1.29 is 19.2 Å². The maximum absolute atomic E-state index is 12.5. The summed E-state index contributed by atoms with van der Waals surface area (Å²) in [5.74, 6) is 1.67. The standard InChI is InChI=1S/C21H23ClN2O3/c22-17-5-2-1-4-16(17)13-23-21(25)14-24-9-3-6-18(24)15-7-8-19-20(12-15)27-11-10-26-19/h1-2,4-5,7-8,12,18H,3,6,9-11,13-14H2,(H,23,25)/p+1/t18-/m0/s1. The molecule has 6 heteroatoms. The van der Waals surface area contributed by atoms with Crippen LogP contribution >= 0.6 is 11.6 Å². The largest absolute Gasteiger partial charge is 0.486 e. The van der Waals surface area contributed by atoms with Gasteiger partial charge in [-0.15, -0.1) is 0 Å². The van der Waals surface area contributed by atoms with Crippen LogP contribution in [0.5, 0.6) is 11.5 Å². The van der Waals surface area contributed by atoms with Crippen molar-refractivity contribution in [2.24, 2.45) is 0 Å². The van der Waals surface area contributed by atoms with E-state index in [9.17, 15) is 4.79 Å². The quantitative estimate of drug-likeness (QED) is 0.826. The van der Waals surface area contributed by atoms with E-state index >= 15 is 0 Å². The molecule has 27 heavy (non-hydrogen) atoms. The van der Waals surface area contributed by atoms with E-state index < -0.39 is 0 Å². The van der Waals surface area contributed by atoms with Gasteiger partial charge in [0.05, 0.1) is 6.54 Å². The van der Waals surface area contributed by atoms with Crippen LogP contribution in [0, 0.1) is 0 Å². The molecule has 1 unspecified atom stereocenters. The number of rotatable bonds is 5. The number of nitrogens with one attached hydrogen (secondary N) is 2. The molecule has 2 heterocycles. The van der Waals surface area contributed by atoms with E-state index in [4.69, 9.17) is 21.1 Å². The Balaban J connectivity index is 1.38. The molecule has 2 atom stereocenters.